The van der Waals surface area contributed by atoms with Gasteiger partial charge in [-0.2, -0.15) is 5.10 Å². The number of hydrogen-bond donors (Lipinski definition) is 2. The van der Waals surface area contributed by atoms with E-state index in [-0.39, 0.29) is 0 Å². The lowest BCUT2D eigenvalue weighted by Gasteiger charge is -2.18. The van der Waals surface area contributed by atoms with Crippen molar-refractivity contribution in [2.75, 3.05) is 25.2 Å². The molecule has 1 aliphatic heterocycles. The summed E-state index contributed by atoms with van der Waals surface area (Å²) in [4.78, 5) is 15.0. The Hall–Kier alpha value is -2.19. The van der Waals surface area contributed by atoms with Crippen molar-refractivity contribution in [1.29, 1.82) is 0 Å². The van der Waals surface area contributed by atoms with Crippen molar-refractivity contribution in [2.45, 2.75) is 6.04 Å². The highest BCUT2D eigenvalue weighted by Gasteiger charge is 2.32. The van der Waals surface area contributed by atoms with Crippen molar-refractivity contribution in [1.82, 2.24) is 19.7 Å². The Labute approximate surface area is 126 Å². The number of carbonyl (C=O) groups is 1. The van der Waals surface area contributed by atoms with Crippen LogP contribution in [0, 0.1) is 4.77 Å². The first-order valence-corrected chi connectivity index (χ1v) is 6.87. The van der Waals surface area contributed by atoms with E-state index in [1.54, 1.807) is 10.9 Å². The number of benzene rings is 1. The van der Waals surface area contributed by atoms with Crippen molar-refractivity contribution < 1.29 is 9.90 Å². The van der Waals surface area contributed by atoms with Crippen LogP contribution in [-0.2, 0) is 4.79 Å². The van der Waals surface area contributed by atoms with Crippen LogP contribution in [0.2, 0.25) is 0 Å². The van der Waals surface area contributed by atoms with Crippen molar-refractivity contribution in [3.8, 4) is 5.69 Å². The number of carboxylic acid groups (broad SMARTS) is 1. The maximum Gasteiger partial charge on any atom is 0.322 e. The number of carboxylic acids is 1. The molecule has 0 radical (unpaired) electrons. The molecule has 2 aromatic rings. The first-order valence-electron chi connectivity index (χ1n) is 6.47. The number of rotatable bonds is 3. The van der Waals surface area contributed by atoms with E-state index in [1.165, 1.54) is 0 Å². The molecule has 3 rings (SSSR count). The number of likely N-dealkylation sites (N-methyl/N-ethyl adjacent to an activating group) is 1. The second-order valence-corrected chi connectivity index (χ2v) is 5.41. The van der Waals surface area contributed by atoms with Gasteiger partial charge in [0.05, 0.1) is 12.4 Å². The van der Waals surface area contributed by atoms with Gasteiger partial charge in [-0.05, 0) is 37.5 Å². The molecule has 1 unspecified atom stereocenters. The Morgan fingerprint density at radius 3 is 2.86 bits per heavy atom. The quantitative estimate of drug-likeness (QED) is 0.827. The summed E-state index contributed by atoms with van der Waals surface area (Å²) in [5.74, 6) is -0.798. The van der Waals surface area contributed by atoms with E-state index in [9.17, 15) is 9.90 Å². The third-order valence-electron chi connectivity index (χ3n) is 3.63. The van der Waals surface area contributed by atoms with Crippen LogP contribution in [-0.4, -0.2) is 57.0 Å². The Kier molecular flexibility index (Phi) is 3.48. The summed E-state index contributed by atoms with van der Waals surface area (Å²) in [6.07, 6.45) is 1.62. The number of hydrogen-bond acceptors (Lipinski definition) is 5. The van der Waals surface area contributed by atoms with Gasteiger partial charge in [-0.3, -0.25) is 19.4 Å². The fraction of sp³-hybridized carbons (Fsp3) is 0.308. The predicted molar refractivity (Wildman–Crippen MR) is 80.1 cm³/mol. The molecule has 1 aromatic heterocycles. The lowest BCUT2D eigenvalue weighted by molar-refractivity contribution is -0.141. The lowest BCUT2D eigenvalue weighted by Crippen LogP contribution is -2.34. The summed E-state index contributed by atoms with van der Waals surface area (Å²) in [5.41, 5.74) is 1.86. The molecule has 21 heavy (non-hydrogen) atoms. The van der Waals surface area contributed by atoms with Crippen LogP contribution in [0.15, 0.2) is 30.6 Å². The van der Waals surface area contributed by atoms with E-state index in [4.69, 9.17) is 12.2 Å². The number of aromatic nitrogens is 3. The highest BCUT2D eigenvalue weighted by atomic mass is 32.1. The van der Waals surface area contributed by atoms with Crippen molar-refractivity contribution in [3.05, 3.63) is 35.4 Å². The van der Waals surface area contributed by atoms with Crippen molar-refractivity contribution in [2.24, 2.45) is 0 Å². The first kappa shape index (κ1) is 13.8. The van der Waals surface area contributed by atoms with Crippen LogP contribution in [0.5, 0.6) is 0 Å². The smallest absolute Gasteiger partial charge is 0.322 e. The zero-order valence-corrected chi connectivity index (χ0v) is 12.2. The number of H-pyrrole nitrogens is 1. The molecule has 1 aliphatic rings. The van der Waals surface area contributed by atoms with Crippen LogP contribution in [0.1, 0.15) is 0 Å². The second kappa shape index (κ2) is 5.30. The minimum absolute atomic E-state index is 0.464. The molecule has 8 heteroatoms. The van der Waals surface area contributed by atoms with Gasteiger partial charge in [0.1, 0.15) is 12.4 Å². The van der Waals surface area contributed by atoms with Crippen LogP contribution in [0.3, 0.4) is 0 Å². The minimum atomic E-state index is -0.798. The second-order valence-electron chi connectivity index (χ2n) is 5.03. The zero-order chi connectivity index (χ0) is 15.0. The van der Waals surface area contributed by atoms with Crippen molar-refractivity contribution in [3.63, 3.8) is 0 Å². The molecule has 0 saturated carbocycles. The number of anilines is 1. The molecular formula is C13H15N5O2S. The van der Waals surface area contributed by atoms with Gasteiger partial charge in [-0.1, -0.05) is 6.07 Å². The van der Waals surface area contributed by atoms with Gasteiger partial charge in [0.2, 0.25) is 0 Å². The third-order valence-corrected chi connectivity index (χ3v) is 3.92. The molecular weight excluding hydrogens is 290 g/mol. The minimum Gasteiger partial charge on any atom is -0.480 e. The number of nitrogens with one attached hydrogen (secondary N) is 1. The monoisotopic (exact) mass is 305 g/mol. The largest absolute Gasteiger partial charge is 0.480 e. The maximum absolute atomic E-state index is 11.2. The number of nitrogens with zero attached hydrogens (tertiary/aromatic N) is 4. The molecule has 0 aliphatic carbocycles. The SMILES string of the molecule is CN1CN(c2cccc(-n3cn[nH]c3=S)c2)CC1C(=O)O. The van der Waals surface area contributed by atoms with Gasteiger partial charge in [0, 0.05) is 12.2 Å². The molecule has 2 heterocycles. The molecule has 1 aromatic carbocycles. The number of aliphatic carboxylic acids is 1. The van der Waals surface area contributed by atoms with E-state index in [1.807, 2.05) is 41.1 Å². The molecule has 110 valence electrons. The van der Waals surface area contributed by atoms with E-state index in [2.05, 4.69) is 10.2 Å². The van der Waals surface area contributed by atoms with Crippen LogP contribution in [0.4, 0.5) is 5.69 Å². The Morgan fingerprint density at radius 1 is 1.48 bits per heavy atom. The highest BCUT2D eigenvalue weighted by molar-refractivity contribution is 7.71. The fourth-order valence-electron chi connectivity index (χ4n) is 2.50. The summed E-state index contributed by atoms with van der Waals surface area (Å²) in [5, 5.41) is 15.8. The molecule has 1 fully saturated rings. The van der Waals surface area contributed by atoms with Crippen molar-refractivity contribution >= 4 is 23.9 Å². The van der Waals surface area contributed by atoms with E-state index in [0.29, 0.717) is 18.0 Å². The average Bonchev–Trinajstić information content (AvgIpc) is 3.05. The topological polar surface area (TPSA) is 77.4 Å². The van der Waals surface area contributed by atoms with Gasteiger partial charge in [0.25, 0.3) is 0 Å². The molecule has 1 saturated heterocycles. The summed E-state index contributed by atoms with van der Waals surface area (Å²) in [6.45, 7) is 1.04. The Bertz CT molecular complexity index is 725. The molecule has 0 bridgehead atoms. The average molecular weight is 305 g/mol. The maximum atomic E-state index is 11.2. The van der Waals surface area contributed by atoms with Gasteiger partial charge in [0.15, 0.2) is 4.77 Å². The lowest BCUT2D eigenvalue weighted by atomic mass is 10.2. The molecule has 1 atom stereocenters. The van der Waals surface area contributed by atoms with Crippen LogP contribution in [0.25, 0.3) is 5.69 Å². The van der Waals surface area contributed by atoms with Crippen LogP contribution >= 0.6 is 12.2 Å². The molecule has 0 amide bonds. The summed E-state index contributed by atoms with van der Waals surface area (Å²) < 4.78 is 2.29. The summed E-state index contributed by atoms with van der Waals surface area (Å²) in [7, 11) is 1.81. The van der Waals surface area contributed by atoms with Gasteiger partial charge >= 0.3 is 5.97 Å². The highest BCUT2D eigenvalue weighted by Crippen LogP contribution is 2.23. The zero-order valence-electron chi connectivity index (χ0n) is 11.4. The summed E-state index contributed by atoms with van der Waals surface area (Å²) in [6, 6.07) is 7.32. The normalized spacial score (nSPS) is 19.1. The third kappa shape index (κ3) is 2.55. The first-order chi connectivity index (χ1) is 10.1. The molecule has 2 N–H and O–H groups in total. The predicted octanol–water partition coefficient (Wildman–Crippen LogP) is 1.09. The Balaban J connectivity index is 1.90. The van der Waals surface area contributed by atoms with Gasteiger partial charge in [-0.25, -0.2) is 0 Å². The van der Waals surface area contributed by atoms with E-state index >= 15 is 0 Å². The molecule has 7 nitrogen and oxygen atoms in total. The van der Waals surface area contributed by atoms with Crippen LogP contribution < -0.4 is 4.90 Å². The van der Waals surface area contributed by atoms with E-state index < -0.39 is 12.0 Å². The number of aromatic amines is 1. The summed E-state index contributed by atoms with van der Waals surface area (Å²) >= 11 is 5.16. The van der Waals surface area contributed by atoms with Gasteiger partial charge in [-0.15, -0.1) is 0 Å². The fourth-order valence-corrected chi connectivity index (χ4v) is 2.70. The van der Waals surface area contributed by atoms with Gasteiger partial charge < -0.3 is 10.0 Å². The van der Waals surface area contributed by atoms with E-state index in [0.717, 1.165) is 11.4 Å². The standard InChI is InChI=1S/C13H15N5O2S/c1-16-8-17(6-11(16)12(19)20)9-3-2-4-10(5-9)18-7-14-15-13(18)21/h2-5,7,11H,6,8H2,1H3,(H,15,21)(H,19,20). The Morgan fingerprint density at radius 2 is 2.24 bits per heavy atom. The molecule has 0 spiro atoms.